The molecule has 116 valence electrons. The van der Waals surface area contributed by atoms with Crippen molar-refractivity contribution in [3.63, 3.8) is 0 Å². The fraction of sp³-hybridized carbons (Fsp3) is 0.444. The van der Waals surface area contributed by atoms with Gasteiger partial charge in [-0.2, -0.15) is 0 Å². The fourth-order valence-corrected chi connectivity index (χ4v) is 3.04. The molecule has 0 spiro atoms. The van der Waals surface area contributed by atoms with E-state index in [9.17, 15) is 0 Å². The highest BCUT2D eigenvalue weighted by atomic mass is 15.2. The van der Waals surface area contributed by atoms with Gasteiger partial charge < -0.3 is 9.80 Å². The zero-order valence-corrected chi connectivity index (χ0v) is 13.5. The van der Waals surface area contributed by atoms with Crippen molar-refractivity contribution in [2.45, 2.75) is 25.8 Å². The Morgan fingerprint density at radius 2 is 1.82 bits per heavy atom. The highest BCUT2D eigenvalue weighted by molar-refractivity contribution is 5.66. The number of piperidine rings is 1. The van der Waals surface area contributed by atoms with Crippen LogP contribution in [-0.2, 0) is 6.54 Å². The minimum Gasteiger partial charge on any atom is -0.357 e. The van der Waals surface area contributed by atoms with E-state index in [1.807, 2.05) is 0 Å². The molecule has 0 aliphatic carbocycles. The van der Waals surface area contributed by atoms with Crippen molar-refractivity contribution in [1.29, 1.82) is 0 Å². The summed E-state index contributed by atoms with van der Waals surface area (Å²) in [4.78, 5) is 13.6. The average molecular weight is 296 g/mol. The molecule has 2 heterocycles. The molecule has 22 heavy (non-hydrogen) atoms. The third kappa shape index (κ3) is 3.45. The van der Waals surface area contributed by atoms with Gasteiger partial charge >= 0.3 is 0 Å². The molecule has 1 aromatic heterocycles. The van der Waals surface area contributed by atoms with Crippen molar-refractivity contribution in [1.82, 2.24) is 14.9 Å². The van der Waals surface area contributed by atoms with Crippen LogP contribution in [0, 0.1) is 0 Å². The summed E-state index contributed by atoms with van der Waals surface area (Å²) in [6.45, 7) is 3.13. The molecule has 1 fully saturated rings. The number of benzene rings is 1. The van der Waals surface area contributed by atoms with Gasteiger partial charge in [0.2, 0.25) is 0 Å². The van der Waals surface area contributed by atoms with E-state index < -0.39 is 0 Å². The molecule has 1 aliphatic heterocycles. The second-order valence-corrected chi connectivity index (χ2v) is 6.20. The summed E-state index contributed by atoms with van der Waals surface area (Å²) in [6.07, 6.45) is 5.55. The van der Waals surface area contributed by atoms with Crippen molar-refractivity contribution >= 4 is 5.82 Å². The van der Waals surface area contributed by atoms with E-state index in [1.165, 1.54) is 30.4 Å². The Hall–Kier alpha value is -1.94. The molecule has 0 atom stereocenters. The van der Waals surface area contributed by atoms with Crippen LogP contribution >= 0.6 is 0 Å². The van der Waals surface area contributed by atoms with Crippen LogP contribution in [0.4, 0.5) is 5.82 Å². The van der Waals surface area contributed by atoms with Crippen LogP contribution < -0.4 is 4.90 Å². The monoisotopic (exact) mass is 296 g/mol. The lowest BCUT2D eigenvalue weighted by Gasteiger charge is -2.27. The van der Waals surface area contributed by atoms with E-state index in [1.54, 1.807) is 6.33 Å². The van der Waals surface area contributed by atoms with Crippen LogP contribution in [-0.4, -0.2) is 42.1 Å². The first-order chi connectivity index (χ1) is 10.7. The van der Waals surface area contributed by atoms with Crippen LogP contribution in [0.3, 0.4) is 0 Å². The largest absolute Gasteiger partial charge is 0.357 e. The molecule has 1 aliphatic rings. The highest BCUT2D eigenvalue weighted by Crippen LogP contribution is 2.26. The SMILES string of the molecule is CN(C)Cc1ccccc1-c1cc(N2CCCCC2)ncn1. The van der Waals surface area contributed by atoms with Crippen LogP contribution in [0.1, 0.15) is 24.8 Å². The van der Waals surface area contributed by atoms with E-state index >= 15 is 0 Å². The smallest absolute Gasteiger partial charge is 0.132 e. The number of aromatic nitrogens is 2. The Morgan fingerprint density at radius 1 is 1.05 bits per heavy atom. The van der Waals surface area contributed by atoms with E-state index in [0.29, 0.717) is 0 Å². The zero-order chi connectivity index (χ0) is 15.4. The average Bonchev–Trinajstić information content (AvgIpc) is 2.56. The Kier molecular flexibility index (Phi) is 4.68. The third-order valence-corrected chi connectivity index (χ3v) is 4.11. The van der Waals surface area contributed by atoms with Gasteiger partial charge in [-0.25, -0.2) is 9.97 Å². The van der Waals surface area contributed by atoms with Crippen LogP contribution in [0.5, 0.6) is 0 Å². The van der Waals surface area contributed by atoms with Crippen LogP contribution in [0.15, 0.2) is 36.7 Å². The Balaban J connectivity index is 1.92. The predicted octanol–water partition coefficient (Wildman–Crippen LogP) is 3.20. The first-order valence-corrected chi connectivity index (χ1v) is 8.04. The molecular weight excluding hydrogens is 272 g/mol. The molecule has 0 bridgehead atoms. The third-order valence-electron chi connectivity index (χ3n) is 4.11. The lowest BCUT2D eigenvalue weighted by atomic mass is 10.0. The van der Waals surface area contributed by atoms with Gasteiger partial charge in [-0.1, -0.05) is 24.3 Å². The van der Waals surface area contributed by atoms with Crippen molar-refractivity contribution in [2.24, 2.45) is 0 Å². The number of anilines is 1. The summed E-state index contributed by atoms with van der Waals surface area (Å²) in [5.41, 5.74) is 3.53. The molecule has 4 nitrogen and oxygen atoms in total. The number of hydrogen-bond acceptors (Lipinski definition) is 4. The maximum atomic E-state index is 4.52. The van der Waals surface area contributed by atoms with Crippen LogP contribution in [0.25, 0.3) is 11.3 Å². The van der Waals surface area contributed by atoms with Gasteiger partial charge in [0, 0.05) is 31.3 Å². The summed E-state index contributed by atoms with van der Waals surface area (Å²) in [5.74, 6) is 1.06. The van der Waals surface area contributed by atoms with E-state index in [2.05, 4.69) is 64.2 Å². The van der Waals surface area contributed by atoms with Gasteiger partial charge in [0.05, 0.1) is 5.69 Å². The topological polar surface area (TPSA) is 32.3 Å². The summed E-state index contributed by atoms with van der Waals surface area (Å²) >= 11 is 0. The highest BCUT2D eigenvalue weighted by Gasteiger charge is 2.14. The molecule has 4 heteroatoms. The molecule has 0 saturated carbocycles. The molecule has 0 radical (unpaired) electrons. The van der Waals surface area contributed by atoms with Gasteiger partial charge in [0.15, 0.2) is 0 Å². The first kappa shape index (κ1) is 15.0. The Labute approximate surface area is 132 Å². The van der Waals surface area contributed by atoms with E-state index in [4.69, 9.17) is 0 Å². The lowest BCUT2D eigenvalue weighted by Crippen LogP contribution is -2.30. The molecule has 0 amide bonds. The summed E-state index contributed by atoms with van der Waals surface area (Å²) in [5, 5.41) is 0. The van der Waals surface area contributed by atoms with Crippen molar-refractivity contribution in [3.05, 3.63) is 42.2 Å². The molecule has 3 rings (SSSR count). The first-order valence-electron chi connectivity index (χ1n) is 8.04. The maximum absolute atomic E-state index is 4.52. The fourth-order valence-electron chi connectivity index (χ4n) is 3.04. The minimum atomic E-state index is 0.916. The molecule has 1 saturated heterocycles. The predicted molar refractivity (Wildman–Crippen MR) is 90.9 cm³/mol. The molecule has 2 aromatic rings. The second kappa shape index (κ2) is 6.88. The second-order valence-electron chi connectivity index (χ2n) is 6.20. The normalized spacial score (nSPS) is 15.3. The molecule has 0 N–H and O–H groups in total. The molecule has 1 aromatic carbocycles. The Bertz CT molecular complexity index is 618. The lowest BCUT2D eigenvalue weighted by molar-refractivity contribution is 0.403. The quantitative estimate of drug-likeness (QED) is 0.867. The number of nitrogens with zero attached hydrogens (tertiary/aromatic N) is 4. The van der Waals surface area contributed by atoms with Crippen molar-refractivity contribution < 1.29 is 0 Å². The summed E-state index contributed by atoms with van der Waals surface area (Å²) in [6, 6.07) is 10.6. The summed E-state index contributed by atoms with van der Waals surface area (Å²) < 4.78 is 0. The summed E-state index contributed by atoms with van der Waals surface area (Å²) in [7, 11) is 4.19. The molecular formula is C18H24N4. The van der Waals surface area contributed by atoms with E-state index in [0.717, 1.165) is 31.1 Å². The van der Waals surface area contributed by atoms with Gasteiger partial charge in [0.25, 0.3) is 0 Å². The van der Waals surface area contributed by atoms with Gasteiger partial charge in [-0.15, -0.1) is 0 Å². The van der Waals surface area contributed by atoms with Gasteiger partial charge in [-0.3, -0.25) is 0 Å². The zero-order valence-electron chi connectivity index (χ0n) is 13.5. The van der Waals surface area contributed by atoms with Crippen LogP contribution in [0.2, 0.25) is 0 Å². The van der Waals surface area contributed by atoms with E-state index in [-0.39, 0.29) is 0 Å². The van der Waals surface area contributed by atoms with Gasteiger partial charge in [-0.05, 0) is 38.9 Å². The maximum Gasteiger partial charge on any atom is 0.132 e. The number of rotatable bonds is 4. The Morgan fingerprint density at radius 3 is 2.59 bits per heavy atom. The van der Waals surface area contributed by atoms with Crippen molar-refractivity contribution in [3.8, 4) is 11.3 Å². The number of hydrogen-bond donors (Lipinski definition) is 0. The van der Waals surface area contributed by atoms with Crippen molar-refractivity contribution in [2.75, 3.05) is 32.1 Å². The minimum absolute atomic E-state index is 0.916. The molecule has 0 unspecified atom stereocenters. The van der Waals surface area contributed by atoms with Gasteiger partial charge in [0.1, 0.15) is 12.1 Å². The standard InChI is InChI=1S/C18H24N4/c1-21(2)13-15-8-4-5-9-16(15)17-12-18(20-14-19-17)22-10-6-3-7-11-22/h4-5,8-9,12,14H,3,6-7,10-11,13H2,1-2H3.